The van der Waals surface area contributed by atoms with E-state index in [0.29, 0.717) is 53.9 Å². The van der Waals surface area contributed by atoms with Crippen LogP contribution in [-0.4, -0.2) is 38.8 Å². The van der Waals surface area contributed by atoms with E-state index in [1.165, 1.54) is 0 Å². The second-order valence-corrected chi connectivity index (χ2v) is 6.18. The first-order valence-corrected chi connectivity index (χ1v) is 9.83. The number of cyclic esters (lactones) is 1. The van der Waals surface area contributed by atoms with Crippen LogP contribution in [0.25, 0.3) is 6.08 Å². The molecule has 0 unspecified atom stereocenters. The van der Waals surface area contributed by atoms with Crippen LogP contribution in [0.4, 0.5) is 0 Å². The van der Waals surface area contributed by atoms with Crippen LogP contribution in [0.5, 0.6) is 23.0 Å². The summed E-state index contributed by atoms with van der Waals surface area (Å²) in [4.78, 5) is 16.8. The molecule has 158 valence electrons. The Morgan fingerprint density at radius 1 is 0.933 bits per heavy atom. The van der Waals surface area contributed by atoms with E-state index in [4.69, 9.17) is 23.7 Å². The highest BCUT2D eigenvalue weighted by atomic mass is 16.6. The molecule has 1 heterocycles. The highest BCUT2D eigenvalue weighted by Crippen LogP contribution is 2.34. The van der Waals surface area contributed by atoms with Gasteiger partial charge in [-0.05, 0) is 51.1 Å². The number of carbonyl (C=O) groups excluding carboxylic acids is 1. The number of benzene rings is 2. The number of esters is 1. The van der Waals surface area contributed by atoms with E-state index in [1.807, 2.05) is 32.9 Å². The minimum atomic E-state index is -0.541. The van der Waals surface area contributed by atoms with E-state index in [1.54, 1.807) is 37.5 Å². The number of hydrogen-bond donors (Lipinski definition) is 0. The second kappa shape index (κ2) is 9.82. The van der Waals surface area contributed by atoms with Crippen LogP contribution in [0, 0.1) is 0 Å². The molecule has 0 atom stereocenters. The van der Waals surface area contributed by atoms with Gasteiger partial charge in [-0.2, -0.15) is 0 Å². The van der Waals surface area contributed by atoms with Gasteiger partial charge in [0.25, 0.3) is 0 Å². The van der Waals surface area contributed by atoms with Crippen molar-refractivity contribution < 1.29 is 28.5 Å². The van der Waals surface area contributed by atoms with Gasteiger partial charge in [-0.25, -0.2) is 9.79 Å². The molecule has 2 aromatic rings. The van der Waals surface area contributed by atoms with Crippen LogP contribution < -0.4 is 18.9 Å². The maximum atomic E-state index is 12.4. The molecule has 1 aliphatic rings. The number of carbonyl (C=O) groups is 1. The summed E-state index contributed by atoms with van der Waals surface area (Å²) in [7, 11) is 1.55. The van der Waals surface area contributed by atoms with Crippen molar-refractivity contribution in [3.05, 3.63) is 53.2 Å². The number of rotatable bonds is 9. The summed E-state index contributed by atoms with van der Waals surface area (Å²) in [6.45, 7) is 7.18. The molecule has 0 bridgehead atoms. The third-order valence-electron chi connectivity index (χ3n) is 4.22. The van der Waals surface area contributed by atoms with Crippen molar-refractivity contribution in [3.63, 3.8) is 0 Å². The van der Waals surface area contributed by atoms with Crippen LogP contribution in [-0.2, 0) is 9.53 Å². The molecular formula is C23H25NO6. The Bertz CT molecular complexity index is 980. The quantitative estimate of drug-likeness (QED) is 0.454. The van der Waals surface area contributed by atoms with Gasteiger partial charge in [0.15, 0.2) is 28.7 Å². The largest absolute Gasteiger partial charge is 0.492 e. The van der Waals surface area contributed by atoms with Crippen molar-refractivity contribution in [2.75, 3.05) is 26.9 Å². The molecule has 1 aliphatic heterocycles. The summed E-state index contributed by atoms with van der Waals surface area (Å²) in [6, 6.07) is 10.8. The molecular weight excluding hydrogens is 386 g/mol. The molecule has 7 nitrogen and oxygen atoms in total. The van der Waals surface area contributed by atoms with Crippen molar-refractivity contribution in [3.8, 4) is 23.0 Å². The molecule has 0 aliphatic carbocycles. The third kappa shape index (κ3) is 4.56. The molecule has 0 saturated heterocycles. The summed E-state index contributed by atoms with van der Waals surface area (Å²) in [5.74, 6) is 1.98. The molecule has 0 spiro atoms. The average molecular weight is 411 g/mol. The van der Waals surface area contributed by atoms with Crippen LogP contribution in [0.15, 0.2) is 47.1 Å². The fourth-order valence-electron chi connectivity index (χ4n) is 3.00. The lowest BCUT2D eigenvalue weighted by Crippen LogP contribution is -2.06. The number of methoxy groups -OCH3 is 1. The molecule has 30 heavy (non-hydrogen) atoms. The third-order valence-corrected chi connectivity index (χ3v) is 4.22. The summed E-state index contributed by atoms with van der Waals surface area (Å²) < 4.78 is 27.7. The zero-order chi connectivity index (χ0) is 21.5. The minimum absolute atomic E-state index is 0.170. The molecule has 0 aromatic heterocycles. The molecule has 0 saturated carbocycles. The lowest BCUT2D eigenvalue weighted by atomic mass is 10.1. The molecule has 0 radical (unpaired) electrons. The summed E-state index contributed by atoms with van der Waals surface area (Å²) in [5.41, 5.74) is 1.46. The van der Waals surface area contributed by atoms with E-state index in [2.05, 4.69) is 4.99 Å². The Kier molecular flexibility index (Phi) is 6.95. The van der Waals surface area contributed by atoms with E-state index in [-0.39, 0.29) is 11.6 Å². The van der Waals surface area contributed by atoms with Gasteiger partial charge in [-0.3, -0.25) is 0 Å². The van der Waals surface area contributed by atoms with E-state index < -0.39 is 5.97 Å². The standard InChI is InChI=1S/C23H25NO6/c1-5-27-18-12-11-16(14-20(18)29-7-3)22-24-17(23(25)30-22)13-15-9-8-10-19(28-6-2)21(15)26-4/h8-14H,5-7H2,1-4H3/b17-13-. The molecule has 0 amide bonds. The minimum Gasteiger partial charge on any atom is -0.492 e. The maximum absolute atomic E-state index is 12.4. The predicted octanol–water partition coefficient (Wildman–Crippen LogP) is 4.24. The zero-order valence-corrected chi connectivity index (χ0v) is 17.6. The zero-order valence-electron chi connectivity index (χ0n) is 17.6. The van der Waals surface area contributed by atoms with Gasteiger partial charge in [0.2, 0.25) is 5.90 Å². The van der Waals surface area contributed by atoms with Crippen LogP contribution in [0.3, 0.4) is 0 Å². The Hall–Kier alpha value is -3.48. The van der Waals surface area contributed by atoms with Crippen molar-refractivity contribution >= 4 is 17.9 Å². The second-order valence-electron chi connectivity index (χ2n) is 6.18. The molecule has 3 rings (SSSR count). The van der Waals surface area contributed by atoms with Gasteiger partial charge in [0.1, 0.15) is 0 Å². The highest BCUT2D eigenvalue weighted by Gasteiger charge is 2.26. The Morgan fingerprint density at radius 2 is 1.63 bits per heavy atom. The lowest BCUT2D eigenvalue weighted by Gasteiger charge is -2.11. The summed E-state index contributed by atoms with van der Waals surface area (Å²) in [5, 5.41) is 0. The first kappa shape index (κ1) is 21.2. The number of aliphatic imine (C=N–C) groups is 1. The monoisotopic (exact) mass is 411 g/mol. The smallest absolute Gasteiger partial charge is 0.363 e. The van der Waals surface area contributed by atoms with Gasteiger partial charge in [-0.15, -0.1) is 0 Å². The van der Waals surface area contributed by atoms with Crippen molar-refractivity contribution in [2.24, 2.45) is 4.99 Å². The van der Waals surface area contributed by atoms with Gasteiger partial charge >= 0.3 is 5.97 Å². The fourth-order valence-corrected chi connectivity index (χ4v) is 3.00. The number of nitrogens with zero attached hydrogens (tertiary/aromatic N) is 1. The van der Waals surface area contributed by atoms with Crippen LogP contribution in [0.1, 0.15) is 31.9 Å². The number of ether oxygens (including phenoxy) is 5. The first-order chi connectivity index (χ1) is 14.6. The maximum Gasteiger partial charge on any atom is 0.363 e. The predicted molar refractivity (Wildman–Crippen MR) is 114 cm³/mol. The SMILES string of the molecule is CCOc1ccc(C2=N/C(=C\c3cccc(OCC)c3OC)C(=O)O2)cc1OCC. The topological polar surface area (TPSA) is 75.6 Å². The van der Waals surface area contributed by atoms with E-state index in [0.717, 1.165) is 0 Å². The van der Waals surface area contributed by atoms with Gasteiger partial charge in [0.05, 0.1) is 26.9 Å². The van der Waals surface area contributed by atoms with Crippen molar-refractivity contribution in [2.45, 2.75) is 20.8 Å². The fraction of sp³-hybridized carbons (Fsp3) is 0.304. The highest BCUT2D eigenvalue weighted by molar-refractivity contribution is 6.13. The van der Waals surface area contributed by atoms with Crippen molar-refractivity contribution in [1.82, 2.24) is 0 Å². The van der Waals surface area contributed by atoms with Gasteiger partial charge < -0.3 is 23.7 Å². The molecule has 7 heteroatoms. The van der Waals surface area contributed by atoms with Crippen molar-refractivity contribution in [1.29, 1.82) is 0 Å². The molecule has 0 N–H and O–H groups in total. The lowest BCUT2D eigenvalue weighted by molar-refractivity contribution is -0.129. The van der Waals surface area contributed by atoms with Crippen LogP contribution >= 0.6 is 0 Å². The number of hydrogen-bond acceptors (Lipinski definition) is 7. The van der Waals surface area contributed by atoms with Gasteiger partial charge in [-0.1, -0.05) is 12.1 Å². The molecule has 2 aromatic carbocycles. The van der Waals surface area contributed by atoms with E-state index >= 15 is 0 Å². The van der Waals surface area contributed by atoms with E-state index in [9.17, 15) is 4.79 Å². The Labute approximate surface area is 175 Å². The normalized spacial score (nSPS) is 14.3. The molecule has 0 fully saturated rings. The van der Waals surface area contributed by atoms with Gasteiger partial charge in [0, 0.05) is 11.1 Å². The Balaban J connectivity index is 1.96. The first-order valence-electron chi connectivity index (χ1n) is 9.83. The van der Waals surface area contributed by atoms with Crippen LogP contribution in [0.2, 0.25) is 0 Å². The average Bonchev–Trinajstić information content (AvgIpc) is 3.10. The number of para-hydroxylation sites is 1. The summed E-state index contributed by atoms with van der Waals surface area (Å²) in [6.07, 6.45) is 1.62. The summed E-state index contributed by atoms with van der Waals surface area (Å²) >= 11 is 0. The Morgan fingerprint density at radius 3 is 2.33 bits per heavy atom.